The van der Waals surface area contributed by atoms with E-state index in [1.54, 1.807) is 24.3 Å². The normalized spacial score (nSPS) is 17.5. The minimum atomic E-state index is -0.606. The van der Waals surface area contributed by atoms with Gasteiger partial charge < -0.3 is 35.8 Å². The van der Waals surface area contributed by atoms with Crippen molar-refractivity contribution in [2.45, 2.75) is 57.1 Å². The van der Waals surface area contributed by atoms with Crippen molar-refractivity contribution in [2.24, 2.45) is 5.92 Å². The summed E-state index contributed by atoms with van der Waals surface area (Å²) in [5.74, 6) is 1.48. The summed E-state index contributed by atoms with van der Waals surface area (Å²) in [6.07, 6.45) is 7.30. The maximum absolute atomic E-state index is 12.5. The number of ether oxygens (including phenoxy) is 1. The fourth-order valence-corrected chi connectivity index (χ4v) is 5.08. The molecule has 2 aliphatic rings. The number of piperidine rings is 1. The van der Waals surface area contributed by atoms with E-state index >= 15 is 0 Å². The first-order valence-corrected chi connectivity index (χ1v) is 13.7. The Kier molecular flexibility index (Phi) is 10.3. The molecule has 2 fully saturated rings. The molecule has 1 unspecified atom stereocenters. The Morgan fingerprint density at radius 1 is 1.00 bits per heavy atom. The van der Waals surface area contributed by atoms with Crippen LogP contribution in [0.4, 0.5) is 10.5 Å². The summed E-state index contributed by atoms with van der Waals surface area (Å²) in [6.45, 7) is 3.84. The van der Waals surface area contributed by atoms with Gasteiger partial charge in [0.05, 0.1) is 0 Å². The molecule has 202 valence electrons. The zero-order valence-electron chi connectivity index (χ0n) is 21.7. The second-order valence-corrected chi connectivity index (χ2v) is 10.4. The highest BCUT2D eigenvalue weighted by Gasteiger charge is 2.23. The number of benzene rings is 2. The van der Waals surface area contributed by atoms with Crippen molar-refractivity contribution in [2.75, 3.05) is 44.6 Å². The Balaban J connectivity index is 1.07. The molecule has 0 bridgehead atoms. The van der Waals surface area contributed by atoms with Crippen molar-refractivity contribution in [3.05, 3.63) is 54.1 Å². The number of phenolic OH excluding ortho intramolecular Hbond substituents is 1. The molecule has 2 aromatic rings. The van der Waals surface area contributed by atoms with Gasteiger partial charge >= 0.3 is 6.03 Å². The monoisotopic (exact) mass is 510 g/mol. The summed E-state index contributed by atoms with van der Waals surface area (Å²) in [5, 5.41) is 29.4. The molecule has 8 heteroatoms. The fraction of sp³-hybridized carbons (Fsp3) is 0.552. The van der Waals surface area contributed by atoms with Gasteiger partial charge in [0.1, 0.15) is 24.2 Å². The molecule has 0 radical (unpaired) electrons. The number of aliphatic hydroxyl groups is 1. The third-order valence-corrected chi connectivity index (χ3v) is 7.37. The average molecular weight is 511 g/mol. The van der Waals surface area contributed by atoms with E-state index in [2.05, 4.69) is 40.2 Å². The van der Waals surface area contributed by atoms with Crippen LogP contribution < -0.4 is 20.7 Å². The molecule has 0 aromatic heterocycles. The van der Waals surface area contributed by atoms with E-state index in [1.807, 2.05) is 4.90 Å². The number of aromatic hydroxyl groups is 1. The van der Waals surface area contributed by atoms with Crippen LogP contribution in [0.5, 0.6) is 11.5 Å². The lowest BCUT2D eigenvalue weighted by Gasteiger charge is -2.33. The number of amides is 2. The molecule has 1 aliphatic carbocycles. The molecule has 8 nitrogen and oxygen atoms in total. The molecular formula is C29H42N4O4. The number of hydrogen-bond donors (Lipinski definition) is 5. The van der Waals surface area contributed by atoms with Crippen molar-refractivity contribution < 1.29 is 19.7 Å². The number of hydrogen-bond acceptors (Lipinski definition) is 6. The predicted molar refractivity (Wildman–Crippen MR) is 146 cm³/mol. The molecule has 1 saturated heterocycles. The van der Waals surface area contributed by atoms with Gasteiger partial charge in [0, 0.05) is 37.9 Å². The van der Waals surface area contributed by atoms with Crippen LogP contribution in [0.1, 0.15) is 44.1 Å². The van der Waals surface area contributed by atoms with E-state index in [4.69, 9.17) is 4.74 Å². The van der Waals surface area contributed by atoms with Crippen molar-refractivity contribution >= 4 is 11.7 Å². The Hall–Kier alpha value is -2.97. The van der Waals surface area contributed by atoms with Gasteiger partial charge in [-0.3, -0.25) is 0 Å². The predicted octanol–water partition coefficient (Wildman–Crippen LogP) is 3.74. The van der Waals surface area contributed by atoms with E-state index in [-0.39, 0.29) is 18.4 Å². The van der Waals surface area contributed by atoms with E-state index in [1.165, 1.54) is 31.2 Å². The molecule has 2 amide bonds. The maximum atomic E-state index is 12.5. The summed E-state index contributed by atoms with van der Waals surface area (Å²) in [5.41, 5.74) is 2.35. The largest absolute Gasteiger partial charge is 0.508 e. The minimum Gasteiger partial charge on any atom is -0.508 e. The summed E-state index contributed by atoms with van der Waals surface area (Å²) in [6, 6.07) is 15.5. The summed E-state index contributed by atoms with van der Waals surface area (Å²) in [7, 11) is 0. The molecule has 2 aromatic carbocycles. The highest BCUT2D eigenvalue weighted by Crippen LogP contribution is 2.24. The average Bonchev–Trinajstić information content (AvgIpc) is 3.45. The smallest absolute Gasteiger partial charge is 0.317 e. The van der Waals surface area contributed by atoms with E-state index in [0.29, 0.717) is 24.3 Å². The van der Waals surface area contributed by atoms with Crippen molar-refractivity contribution in [3.8, 4) is 11.5 Å². The third kappa shape index (κ3) is 9.13. The Morgan fingerprint density at radius 3 is 2.41 bits per heavy atom. The molecule has 1 heterocycles. The Labute approximate surface area is 220 Å². The van der Waals surface area contributed by atoms with Gasteiger partial charge in [-0.25, -0.2) is 4.79 Å². The second-order valence-electron chi connectivity index (χ2n) is 10.4. The molecular weight excluding hydrogens is 468 g/mol. The standard InChI is InChI=1S/C29H42N4O4/c34-26-9-11-28(12-10-26)37-21-27(35)20-30-16-13-22-5-7-24(8-6-22)32-25-14-17-33(18-15-25)29(36)31-19-23-3-1-2-4-23/h5-12,23,25,27,30,32,34-35H,1-4,13-21H2,(H,31,36). The number of likely N-dealkylation sites (tertiary alicyclic amines) is 1. The van der Waals surface area contributed by atoms with Crippen LogP contribution in [0.15, 0.2) is 48.5 Å². The third-order valence-electron chi connectivity index (χ3n) is 7.37. The lowest BCUT2D eigenvalue weighted by molar-refractivity contribution is 0.106. The second kappa shape index (κ2) is 14.1. The highest BCUT2D eigenvalue weighted by molar-refractivity contribution is 5.74. The van der Waals surface area contributed by atoms with E-state index < -0.39 is 6.10 Å². The van der Waals surface area contributed by atoms with Crippen LogP contribution in [-0.4, -0.2) is 72.6 Å². The number of phenols is 1. The van der Waals surface area contributed by atoms with Gasteiger partial charge in [-0.15, -0.1) is 0 Å². The lowest BCUT2D eigenvalue weighted by Crippen LogP contribution is -2.47. The molecule has 1 saturated carbocycles. The van der Waals surface area contributed by atoms with Crippen molar-refractivity contribution in [1.82, 2.24) is 15.5 Å². The van der Waals surface area contributed by atoms with Crippen LogP contribution in [-0.2, 0) is 6.42 Å². The van der Waals surface area contributed by atoms with Crippen molar-refractivity contribution in [3.63, 3.8) is 0 Å². The van der Waals surface area contributed by atoms with E-state index in [0.717, 1.165) is 51.1 Å². The summed E-state index contributed by atoms with van der Waals surface area (Å²) < 4.78 is 5.53. The first-order valence-electron chi connectivity index (χ1n) is 13.7. The van der Waals surface area contributed by atoms with Crippen LogP contribution >= 0.6 is 0 Å². The zero-order valence-corrected chi connectivity index (χ0v) is 21.7. The SMILES string of the molecule is O=C(NCC1CCCC1)N1CCC(Nc2ccc(CCNCC(O)COc3ccc(O)cc3)cc2)CC1. The van der Waals surface area contributed by atoms with Crippen LogP contribution in [0, 0.1) is 5.92 Å². The van der Waals surface area contributed by atoms with Gasteiger partial charge in [0.2, 0.25) is 0 Å². The quantitative estimate of drug-likeness (QED) is 0.279. The number of carbonyl (C=O) groups excluding carboxylic acids is 1. The Morgan fingerprint density at radius 2 is 1.70 bits per heavy atom. The first kappa shape index (κ1) is 27.1. The fourth-order valence-electron chi connectivity index (χ4n) is 5.08. The van der Waals surface area contributed by atoms with Gasteiger partial charge in [-0.2, -0.15) is 0 Å². The molecule has 4 rings (SSSR count). The van der Waals surface area contributed by atoms with Gasteiger partial charge in [0.25, 0.3) is 0 Å². The molecule has 1 atom stereocenters. The van der Waals surface area contributed by atoms with Gasteiger partial charge in [-0.1, -0.05) is 25.0 Å². The van der Waals surface area contributed by atoms with E-state index in [9.17, 15) is 15.0 Å². The first-order chi connectivity index (χ1) is 18.0. The molecule has 1 aliphatic heterocycles. The minimum absolute atomic E-state index is 0.0979. The number of aliphatic hydroxyl groups excluding tert-OH is 1. The number of rotatable bonds is 12. The van der Waals surface area contributed by atoms with Crippen molar-refractivity contribution in [1.29, 1.82) is 0 Å². The number of nitrogens with zero attached hydrogens (tertiary/aromatic N) is 1. The Bertz CT molecular complexity index is 939. The molecule has 0 spiro atoms. The maximum Gasteiger partial charge on any atom is 0.317 e. The number of carbonyl (C=O) groups is 1. The highest BCUT2D eigenvalue weighted by atomic mass is 16.5. The van der Waals surface area contributed by atoms with Crippen LogP contribution in [0.2, 0.25) is 0 Å². The summed E-state index contributed by atoms with van der Waals surface area (Å²) in [4.78, 5) is 14.4. The lowest BCUT2D eigenvalue weighted by atomic mass is 10.0. The van der Waals surface area contributed by atoms with Gasteiger partial charge in [-0.05, 0) is 86.5 Å². The van der Waals surface area contributed by atoms with Crippen LogP contribution in [0.3, 0.4) is 0 Å². The number of nitrogens with one attached hydrogen (secondary N) is 3. The van der Waals surface area contributed by atoms with Gasteiger partial charge in [0.15, 0.2) is 0 Å². The molecule has 37 heavy (non-hydrogen) atoms. The topological polar surface area (TPSA) is 106 Å². The van der Waals surface area contributed by atoms with Crippen LogP contribution in [0.25, 0.3) is 0 Å². The zero-order chi connectivity index (χ0) is 25.9. The number of anilines is 1. The molecule has 5 N–H and O–H groups in total. The summed E-state index contributed by atoms with van der Waals surface area (Å²) >= 11 is 0. The number of urea groups is 1.